The maximum atomic E-state index is 5.91. The van der Waals surface area contributed by atoms with Crippen molar-refractivity contribution in [1.29, 1.82) is 0 Å². The number of hydrogen-bond acceptors (Lipinski definition) is 2. The van der Waals surface area contributed by atoms with Crippen LogP contribution in [0.4, 0.5) is 0 Å². The van der Waals surface area contributed by atoms with Gasteiger partial charge in [0, 0.05) is 5.92 Å². The minimum absolute atomic E-state index is 0.436. The second-order valence-corrected chi connectivity index (χ2v) is 4.43. The Morgan fingerprint density at radius 1 is 1.50 bits per heavy atom. The summed E-state index contributed by atoms with van der Waals surface area (Å²) in [7, 11) is 2.01. The van der Waals surface area contributed by atoms with Crippen LogP contribution in [0, 0.1) is 0 Å². The lowest BCUT2D eigenvalue weighted by Crippen LogP contribution is -2.20. The van der Waals surface area contributed by atoms with E-state index >= 15 is 0 Å². The minimum atomic E-state index is 0.436. The van der Waals surface area contributed by atoms with Crippen LogP contribution < -0.4 is 5.32 Å². The fraction of sp³-hybridized carbons (Fsp3) is 0.667. The third kappa shape index (κ3) is 1.59. The molecule has 1 aliphatic rings. The van der Waals surface area contributed by atoms with Crippen LogP contribution >= 0.6 is 0 Å². The van der Waals surface area contributed by atoms with E-state index in [4.69, 9.17) is 4.42 Å². The minimum Gasteiger partial charge on any atom is -0.464 e. The average Bonchev–Trinajstić information content (AvgIpc) is 2.60. The quantitative estimate of drug-likeness (QED) is 0.781. The number of rotatable bonds is 2. The van der Waals surface area contributed by atoms with Gasteiger partial charge in [-0.1, -0.05) is 13.8 Å². The Labute approximate surface area is 85.7 Å². The first-order valence-corrected chi connectivity index (χ1v) is 5.52. The van der Waals surface area contributed by atoms with E-state index in [0.717, 1.165) is 5.76 Å². The normalized spacial score (nSPS) is 21.3. The van der Waals surface area contributed by atoms with Gasteiger partial charge in [-0.25, -0.2) is 0 Å². The Morgan fingerprint density at radius 3 is 2.93 bits per heavy atom. The fourth-order valence-corrected chi connectivity index (χ4v) is 2.14. The Hall–Kier alpha value is -0.760. The van der Waals surface area contributed by atoms with Crippen molar-refractivity contribution >= 4 is 0 Å². The fourth-order valence-electron chi connectivity index (χ4n) is 2.14. The molecule has 0 radical (unpaired) electrons. The van der Waals surface area contributed by atoms with E-state index in [0.29, 0.717) is 12.0 Å². The summed E-state index contributed by atoms with van der Waals surface area (Å²) in [5.41, 5.74) is 1.42. The van der Waals surface area contributed by atoms with Gasteiger partial charge >= 0.3 is 0 Å². The molecule has 1 heterocycles. The first-order chi connectivity index (χ1) is 6.72. The van der Waals surface area contributed by atoms with Gasteiger partial charge in [-0.15, -0.1) is 0 Å². The molecular formula is C12H19NO. The highest BCUT2D eigenvalue weighted by molar-refractivity contribution is 5.27. The van der Waals surface area contributed by atoms with Crippen molar-refractivity contribution in [3.05, 3.63) is 23.2 Å². The smallest absolute Gasteiger partial charge is 0.124 e. The van der Waals surface area contributed by atoms with Gasteiger partial charge in [0.25, 0.3) is 0 Å². The third-order valence-electron chi connectivity index (χ3n) is 3.03. The zero-order chi connectivity index (χ0) is 10.1. The van der Waals surface area contributed by atoms with Crippen molar-refractivity contribution in [2.75, 3.05) is 7.05 Å². The Morgan fingerprint density at radius 2 is 2.29 bits per heavy atom. The molecule has 1 unspecified atom stereocenters. The molecule has 0 aliphatic heterocycles. The molecule has 2 rings (SSSR count). The van der Waals surface area contributed by atoms with E-state index < -0.39 is 0 Å². The number of aryl methyl sites for hydroxylation is 1. The molecule has 0 aromatic carbocycles. The van der Waals surface area contributed by atoms with Gasteiger partial charge in [-0.3, -0.25) is 0 Å². The molecule has 1 atom stereocenters. The van der Waals surface area contributed by atoms with Gasteiger partial charge in [0.2, 0.25) is 0 Å². The Kier molecular flexibility index (Phi) is 2.64. The molecule has 0 saturated heterocycles. The van der Waals surface area contributed by atoms with Crippen LogP contribution in [-0.2, 0) is 6.42 Å². The average molecular weight is 193 g/mol. The van der Waals surface area contributed by atoms with Crippen LogP contribution in [0.5, 0.6) is 0 Å². The van der Waals surface area contributed by atoms with E-state index in [1.165, 1.54) is 30.6 Å². The Balaban J connectivity index is 2.33. The van der Waals surface area contributed by atoms with E-state index in [2.05, 4.69) is 25.2 Å². The first kappa shape index (κ1) is 9.78. The Bertz CT molecular complexity index is 314. The van der Waals surface area contributed by atoms with Crippen molar-refractivity contribution in [3.63, 3.8) is 0 Å². The summed E-state index contributed by atoms with van der Waals surface area (Å²) in [6.45, 7) is 4.36. The van der Waals surface area contributed by atoms with Crippen molar-refractivity contribution in [3.8, 4) is 0 Å². The summed E-state index contributed by atoms with van der Waals surface area (Å²) in [6, 6.07) is 2.68. The lowest BCUT2D eigenvalue weighted by atomic mass is 9.94. The highest BCUT2D eigenvalue weighted by atomic mass is 16.3. The molecule has 0 fully saturated rings. The zero-order valence-electron chi connectivity index (χ0n) is 9.26. The van der Waals surface area contributed by atoms with Crippen molar-refractivity contribution in [2.45, 2.75) is 45.1 Å². The van der Waals surface area contributed by atoms with Gasteiger partial charge in [0.05, 0.1) is 6.04 Å². The molecule has 14 heavy (non-hydrogen) atoms. The predicted octanol–water partition coefficient (Wildman–Crippen LogP) is 3.00. The zero-order valence-corrected chi connectivity index (χ0v) is 9.26. The summed E-state index contributed by atoms with van der Waals surface area (Å²) in [5.74, 6) is 2.82. The highest BCUT2D eigenvalue weighted by Crippen LogP contribution is 2.33. The maximum Gasteiger partial charge on any atom is 0.124 e. The summed E-state index contributed by atoms with van der Waals surface area (Å²) < 4.78 is 5.91. The van der Waals surface area contributed by atoms with Gasteiger partial charge in [0.15, 0.2) is 0 Å². The summed E-state index contributed by atoms with van der Waals surface area (Å²) in [4.78, 5) is 0. The first-order valence-electron chi connectivity index (χ1n) is 5.52. The van der Waals surface area contributed by atoms with Crippen molar-refractivity contribution in [2.24, 2.45) is 0 Å². The summed E-state index contributed by atoms with van der Waals surface area (Å²) in [6.07, 6.45) is 3.66. The lowest BCUT2D eigenvalue weighted by molar-refractivity contribution is 0.363. The maximum absolute atomic E-state index is 5.91. The van der Waals surface area contributed by atoms with Crippen LogP contribution in [0.3, 0.4) is 0 Å². The van der Waals surface area contributed by atoms with E-state index in [1.54, 1.807) is 0 Å². The van der Waals surface area contributed by atoms with Crippen molar-refractivity contribution in [1.82, 2.24) is 5.32 Å². The van der Waals surface area contributed by atoms with Crippen LogP contribution in [0.2, 0.25) is 0 Å². The highest BCUT2D eigenvalue weighted by Gasteiger charge is 2.24. The molecule has 0 spiro atoms. The van der Waals surface area contributed by atoms with Gasteiger partial charge in [-0.2, -0.15) is 0 Å². The van der Waals surface area contributed by atoms with Crippen molar-refractivity contribution < 1.29 is 4.42 Å². The van der Waals surface area contributed by atoms with E-state index in [-0.39, 0.29) is 0 Å². The topological polar surface area (TPSA) is 25.2 Å². The van der Waals surface area contributed by atoms with Gasteiger partial charge in [-0.05, 0) is 37.9 Å². The number of fused-ring (bicyclic) bond motifs is 1. The standard InChI is InChI=1S/C12H19NO/c1-8(2)11-7-9-5-4-6-10(13-3)12(9)14-11/h7-8,10,13H,4-6H2,1-3H3. The van der Waals surface area contributed by atoms with Crippen LogP contribution in [0.1, 0.15) is 55.7 Å². The third-order valence-corrected chi connectivity index (χ3v) is 3.03. The molecule has 2 heteroatoms. The molecule has 1 aromatic heterocycles. The van der Waals surface area contributed by atoms with Gasteiger partial charge < -0.3 is 9.73 Å². The van der Waals surface area contributed by atoms with Gasteiger partial charge in [0.1, 0.15) is 11.5 Å². The second-order valence-electron chi connectivity index (χ2n) is 4.43. The van der Waals surface area contributed by atoms with Crippen LogP contribution in [0.15, 0.2) is 10.5 Å². The molecule has 1 N–H and O–H groups in total. The largest absolute Gasteiger partial charge is 0.464 e. The molecule has 78 valence electrons. The molecule has 0 amide bonds. The van der Waals surface area contributed by atoms with Crippen LogP contribution in [0.25, 0.3) is 0 Å². The predicted molar refractivity (Wildman–Crippen MR) is 57.5 cm³/mol. The monoisotopic (exact) mass is 193 g/mol. The van der Waals surface area contributed by atoms with Crippen LogP contribution in [-0.4, -0.2) is 7.05 Å². The summed E-state index contributed by atoms with van der Waals surface area (Å²) >= 11 is 0. The molecule has 1 aliphatic carbocycles. The molecule has 0 saturated carbocycles. The number of furan rings is 1. The molecule has 2 nitrogen and oxygen atoms in total. The summed E-state index contributed by atoms with van der Waals surface area (Å²) in [5, 5.41) is 3.32. The lowest BCUT2D eigenvalue weighted by Gasteiger charge is -2.19. The molecule has 1 aromatic rings. The number of hydrogen-bond donors (Lipinski definition) is 1. The van der Waals surface area contributed by atoms with E-state index in [1.807, 2.05) is 7.05 Å². The molecular weight excluding hydrogens is 174 g/mol. The second kappa shape index (κ2) is 3.77. The van der Waals surface area contributed by atoms with E-state index in [9.17, 15) is 0 Å². The molecule has 0 bridgehead atoms. The number of nitrogens with one attached hydrogen (secondary N) is 1. The SMILES string of the molecule is CNC1CCCc2cc(C(C)C)oc21.